The first-order chi connectivity index (χ1) is 28.6. The zero-order valence-corrected chi connectivity index (χ0v) is 27.1. The third kappa shape index (κ3) is 4.28. The van der Waals surface area contributed by atoms with Gasteiger partial charge in [-0.05, 0) is 118 Å². The summed E-state index contributed by atoms with van der Waals surface area (Å²) in [6.07, 6.45) is 0. The maximum Gasteiger partial charge on any atom is 0.136 e. The quantitative estimate of drug-likeness (QED) is 0.173. The van der Waals surface area contributed by atoms with Gasteiger partial charge in [-0.1, -0.05) is 151 Å². The SMILES string of the molecule is [2H]c1c([2H])c([2H])c2c(-c3cccc4cc(-c5cccc6oc7cc8ccccc8cc7c56)ccc34)c3c([2H])c([2H])c([2H])c([2H])c3c(-c3ccc4ccccc4c3)c2c1[2H]. The predicted molar refractivity (Wildman–Crippen MR) is 218 cm³/mol. The van der Waals surface area contributed by atoms with Crippen molar-refractivity contribution >= 4 is 75.8 Å². The van der Waals surface area contributed by atoms with Crippen LogP contribution in [0.15, 0.2) is 186 Å². The zero-order chi connectivity index (χ0) is 40.4. The first-order valence-electron chi connectivity index (χ1n) is 20.9. The second kappa shape index (κ2) is 10.9. The number of fused-ring (bicyclic) bond motifs is 8. The van der Waals surface area contributed by atoms with Crippen molar-refractivity contribution in [2.24, 2.45) is 0 Å². The van der Waals surface area contributed by atoms with Crippen LogP contribution in [0.25, 0.3) is 109 Å². The molecule has 0 atom stereocenters. The van der Waals surface area contributed by atoms with Gasteiger partial charge in [-0.25, -0.2) is 0 Å². The van der Waals surface area contributed by atoms with Crippen LogP contribution in [0.2, 0.25) is 0 Å². The minimum absolute atomic E-state index is 0.190. The second-order valence-corrected chi connectivity index (χ2v) is 13.0. The van der Waals surface area contributed by atoms with Crippen LogP contribution in [-0.4, -0.2) is 0 Å². The molecule has 1 heterocycles. The molecule has 1 aromatic heterocycles. The summed E-state index contributed by atoms with van der Waals surface area (Å²) < 4.78 is 79.5. The number of benzene rings is 10. The summed E-state index contributed by atoms with van der Waals surface area (Å²) in [6, 6.07) is 40.9. The highest BCUT2D eigenvalue weighted by Crippen LogP contribution is 2.46. The molecule has 11 rings (SSSR count). The second-order valence-electron chi connectivity index (χ2n) is 13.0. The molecular weight excluding hydrogens is 617 g/mol. The summed E-state index contributed by atoms with van der Waals surface area (Å²) in [5.74, 6) is 0. The molecule has 0 N–H and O–H groups in total. The van der Waals surface area contributed by atoms with E-state index in [1.165, 1.54) is 0 Å². The van der Waals surface area contributed by atoms with Gasteiger partial charge < -0.3 is 4.42 Å². The van der Waals surface area contributed by atoms with Gasteiger partial charge in [0.2, 0.25) is 0 Å². The Hall–Kier alpha value is -6.70. The number of hydrogen-bond acceptors (Lipinski definition) is 1. The van der Waals surface area contributed by atoms with E-state index in [1.807, 2.05) is 97.1 Å². The van der Waals surface area contributed by atoms with Crippen molar-refractivity contribution in [3.8, 4) is 33.4 Å². The molecule has 0 aliphatic carbocycles. The van der Waals surface area contributed by atoms with Crippen molar-refractivity contribution in [2.75, 3.05) is 0 Å². The molecule has 0 radical (unpaired) electrons. The molecule has 51 heavy (non-hydrogen) atoms. The third-order valence-electron chi connectivity index (χ3n) is 10.2. The van der Waals surface area contributed by atoms with Crippen molar-refractivity contribution in [3.05, 3.63) is 182 Å². The van der Waals surface area contributed by atoms with Gasteiger partial charge in [-0.3, -0.25) is 0 Å². The Morgan fingerprint density at radius 3 is 1.67 bits per heavy atom. The van der Waals surface area contributed by atoms with Crippen molar-refractivity contribution in [1.29, 1.82) is 0 Å². The Bertz CT molecular complexity index is 3580. The fourth-order valence-corrected chi connectivity index (χ4v) is 7.95. The standard InChI is InChI=1S/C50H30O/c1-2-12-32-27-37(24-23-31(32)11-1)48-41-16-5-7-18-43(41)49(44-19-8-6-17-42(44)48)40-21-9-15-35-28-36(25-26-38(35)40)39-20-10-22-46-50(39)45-29-33-13-3-4-14-34(33)30-47(45)51-46/h1-30H/i5D,6D,7D,8D,16D,17D,18D,19D. The van der Waals surface area contributed by atoms with Crippen LogP contribution in [0.3, 0.4) is 0 Å². The van der Waals surface area contributed by atoms with E-state index in [9.17, 15) is 5.48 Å². The molecule has 0 saturated carbocycles. The van der Waals surface area contributed by atoms with Crippen LogP contribution in [0, 0.1) is 0 Å². The molecule has 0 aliphatic rings. The molecule has 0 fully saturated rings. The van der Waals surface area contributed by atoms with Gasteiger partial charge in [-0.2, -0.15) is 0 Å². The number of rotatable bonds is 3. The van der Waals surface area contributed by atoms with E-state index in [1.54, 1.807) is 0 Å². The van der Waals surface area contributed by atoms with Crippen molar-refractivity contribution in [2.45, 2.75) is 0 Å². The molecule has 0 amide bonds. The summed E-state index contributed by atoms with van der Waals surface area (Å²) in [5, 5.41) is 8.43. The fourth-order valence-electron chi connectivity index (χ4n) is 7.95. The number of furan rings is 1. The molecule has 0 saturated heterocycles. The molecule has 1 heteroatoms. The highest BCUT2D eigenvalue weighted by atomic mass is 16.3. The summed E-state index contributed by atoms with van der Waals surface area (Å²) in [6.45, 7) is 0. The highest BCUT2D eigenvalue weighted by Gasteiger charge is 2.19. The summed E-state index contributed by atoms with van der Waals surface area (Å²) in [7, 11) is 0. The molecule has 0 bridgehead atoms. The number of hydrogen-bond donors (Lipinski definition) is 0. The highest BCUT2D eigenvalue weighted by molar-refractivity contribution is 6.24. The van der Waals surface area contributed by atoms with Crippen molar-refractivity contribution in [1.82, 2.24) is 0 Å². The van der Waals surface area contributed by atoms with Gasteiger partial charge in [0.25, 0.3) is 0 Å². The molecule has 236 valence electrons. The van der Waals surface area contributed by atoms with Crippen LogP contribution in [-0.2, 0) is 0 Å². The van der Waals surface area contributed by atoms with E-state index in [-0.39, 0.29) is 45.7 Å². The van der Waals surface area contributed by atoms with E-state index >= 15 is 0 Å². The molecular formula is C50H30O. The summed E-state index contributed by atoms with van der Waals surface area (Å²) in [5.41, 5.74) is 5.33. The van der Waals surface area contributed by atoms with Gasteiger partial charge in [0.05, 0.1) is 11.0 Å². The van der Waals surface area contributed by atoms with Crippen LogP contribution in [0.4, 0.5) is 0 Å². The van der Waals surface area contributed by atoms with Gasteiger partial charge in [0.1, 0.15) is 11.2 Å². The van der Waals surface area contributed by atoms with Crippen LogP contribution in [0.1, 0.15) is 11.0 Å². The van der Waals surface area contributed by atoms with Crippen LogP contribution < -0.4 is 0 Å². The largest absolute Gasteiger partial charge is 0.456 e. The van der Waals surface area contributed by atoms with E-state index < -0.39 is 24.2 Å². The zero-order valence-electron chi connectivity index (χ0n) is 35.1. The lowest BCUT2D eigenvalue weighted by Gasteiger charge is -2.19. The molecule has 1 nitrogen and oxygen atoms in total. The Labute approximate surface area is 305 Å². The average molecular weight is 655 g/mol. The fraction of sp³-hybridized carbons (Fsp3) is 0. The lowest BCUT2D eigenvalue weighted by atomic mass is 9.84. The lowest BCUT2D eigenvalue weighted by molar-refractivity contribution is 0.669. The van der Waals surface area contributed by atoms with E-state index in [4.69, 9.17) is 9.90 Å². The molecule has 0 spiro atoms. The first-order valence-corrected chi connectivity index (χ1v) is 16.9. The smallest absolute Gasteiger partial charge is 0.136 e. The Morgan fingerprint density at radius 1 is 0.353 bits per heavy atom. The first kappa shape index (κ1) is 21.4. The van der Waals surface area contributed by atoms with Gasteiger partial charge in [0.15, 0.2) is 0 Å². The monoisotopic (exact) mass is 654 g/mol. The predicted octanol–water partition coefficient (Wildman–Crippen LogP) is 14.4. The topological polar surface area (TPSA) is 13.1 Å². The molecule has 0 aliphatic heterocycles. The Kier molecular flexibility index (Phi) is 4.57. The molecule has 11 aromatic rings. The van der Waals surface area contributed by atoms with Gasteiger partial charge >= 0.3 is 0 Å². The summed E-state index contributed by atoms with van der Waals surface area (Å²) >= 11 is 0. The van der Waals surface area contributed by atoms with Crippen LogP contribution >= 0.6 is 0 Å². The molecule has 10 aromatic carbocycles. The van der Waals surface area contributed by atoms with E-state index in [0.29, 0.717) is 22.3 Å². The maximum atomic E-state index is 9.44. The van der Waals surface area contributed by atoms with Crippen molar-refractivity contribution < 1.29 is 15.4 Å². The Morgan fingerprint density at radius 2 is 0.922 bits per heavy atom. The lowest BCUT2D eigenvalue weighted by Crippen LogP contribution is -1.92. The van der Waals surface area contributed by atoms with Gasteiger partial charge in [-0.15, -0.1) is 0 Å². The van der Waals surface area contributed by atoms with Gasteiger partial charge in [0, 0.05) is 10.8 Å². The molecule has 0 unspecified atom stereocenters. The maximum absolute atomic E-state index is 9.44. The van der Waals surface area contributed by atoms with E-state index in [0.717, 1.165) is 65.4 Å². The summed E-state index contributed by atoms with van der Waals surface area (Å²) in [4.78, 5) is 0. The van der Waals surface area contributed by atoms with Crippen molar-refractivity contribution in [3.63, 3.8) is 0 Å². The third-order valence-corrected chi connectivity index (χ3v) is 10.2. The minimum atomic E-state index is -0.427. The Balaban J connectivity index is 1.24. The average Bonchev–Trinajstić information content (AvgIpc) is 3.63. The van der Waals surface area contributed by atoms with E-state index in [2.05, 4.69) is 36.4 Å². The normalized spacial score (nSPS) is 14.1. The van der Waals surface area contributed by atoms with Crippen LogP contribution in [0.5, 0.6) is 0 Å². The minimum Gasteiger partial charge on any atom is -0.456 e.